The van der Waals surface area contributed by atoms with Crippen LogP contribution in [0.25, 0.3) is 0 Å². The van der Waals surface area contributed by atoms with Gasteiger partial charge in [0.1, 0.15) is 0 Å². The van der Waals surface area contributed by atoms with E-state index in [-0.39, 0.29) is 18.7 Å². The maximum atomic E-state index is 11.5. The van der Waals surface area contributed by atoms with Gasteiger partial charge >= 0.3 is 5.97 Å². The molecule has 1 aliphatic carbocycles. The van der Waals surface area contributed by atoms with E-state index >= 15 is 0 Å². The predicted molar refractivity (Wildman–Crippen MR) is 64.3 cm³/mol. The first-order valence-corrected chi connectivity index (χ1v) is 6.47. The largest absolute Gasteiger partial charge is 0.481 e. The number of carbonyl (C=O) groups excluding carboxylic acids is 1. The molecule has 92 valence electrons. The molecule has 1 aromatic heterocycles. The first-order valence-electron chi connectivity index (χ1n) is 5.65. The van der Waals surface area contributed by atoms with E-state index in [4.69, 9.17) is 5.11 Å². The average molecular weight is 254 g/mol. The van der Waals surface area contributed by atoms with Gasteiger partial charge in [-0.25, -0.2) is 4.98 Å². The number of thiazole rings is 1. The van der Waals surface area contributed by atoms with E-state index in [1.807, 2.05) is 0 Å². The van der Waals surface area contributed by atoms with Crippen molar-refractivity contribution in [2.45, 2.75) is 38.5 Å². The summed E-state index contributed by atoms with van der Waals surface area (Å²) in [5.74, 6) is -1.02. The Labute approximate surface area is 103 Å². The Balaban J connectivity index is 1.79. The number of fused-ring (bicyclic) bond motifs is 1. The summed E-state index contributed by atoms with van der Waals surface area (Å²) in [7, 11) is 0. The first kappa shape index (κ1) is 12.0. The van der Waals surface area contributed by atoms with Gasteiger partial charge in [0.15, 0.2) is 5.13 Å². The van der Waals surface area contributed by atoms with Crippen LogP contribution in [-0.2, 0) is 22.4 Å². The van der Waals surface area contributed by atoms with Crippen LogP contribution in [0.15, 0.2) is 0 Å². The van der Waals surface area contributed by atoms with E-state index in [1.54, 1.807) is 0 Å². The molecule has 17 heavy (non-hydrogen) atoms. The fraction of sp³-hybridized carbons (Fsp3) is 0.545. The van der Waals surface area contributed by atoms with Gasteiger partial charge in [-0.3, -0.25) is 9.59 Å². The summed E-state index contributed by atoms with van der Waals surface area (Å²) in [6.07, 6.45) is 3.84. The third kappa shape index (κ3) is 3.26. The van der Waals surface area contributed by atoms with E-state index < -0.39 is 5.97 Å². The van der Waals surface area contributed by atoms with Gasteiger partial charge < -0.3 is 10.4 Å². The third-order valence-electron chi connectivity index (χ3n) is 2.64. The Kier molecular flexibility index (Phi) is 3.73. The molecule has 0 aliphatic heterocycles. The summed E-state index contributed by atoms with van der Waals surface area (Å²) < 4.78 is 0. The highest BCUT2D eigenvalue weighted by atomic mass is 32.1. The quantitative estimate of drug-likeness (QED) is 0.840. The van der Waals surface area contributed by atoms with E-state index in [0.29, 0.717) is 11.6 Å². The van der Waals surface area contributed by atoms with Crippen LogP contribution in [0.1, 0.15) is 36.3 Å². The van der Waals surface area contributed by atoms with E-state index in [0.717, 1.165) is 25.0 Å². The van der Waals surface area contributed by atoms with Crippen LogP contribution in [0.5, 0.6) is 0 Å². The van der Waals surface area contributed by atoms with Gasteiger partial charge in [0, 0.05) is 17.7 Å². The summed E-state index contributed by atoms with van der Waals surface area (Å²) >= 11 is 1.53. The van der Waals surface area contributed by atoms with E-state index in [2.05, 4.69) is 10.3 Å². The summed E-state index contributed by atoms with van der Waals surface area (Å²) in [6.45, 7) is 0. The van der Waals surface area contributed by atoms with Crippen LogP contribution in [0.3, 0.4) is 0 Å². The molecule has 0 saturated heterocycles. The number of nitrogens with zero attached hydrogens (tertiary/aromatic N) is 1. The van der Waals surface area contributed by atoms with Crippen molar-refractivity contribution in [3.8, 4) is 0 Å². The van der Waals surface area contributed by atoms with Crippen LogP contribution >= 0.6 is 11.3 Å². The second-order valence-electron chi connectivity index (χ2n) is 4.04. The molecule has 0 bridgehead atoms. The van der Waals surface area contributed by atoms with Gasteiger partial charge in [0.25, 0.3) is 0 Å². The molecular weight excluding hydrogens is 240 g/mol. The van der Waals surface area contributed by atoms with Gasteiger partial charge in [-0.2, -0.15) is 0 Å². The molecule has 1 aliphatic rings. The maximum Gasteiger partial charge on any atom is 0.303 e. The monoisotopic (exact) mass is 254 g/mol. The van der Waals surface area contributed by atoms with Gasteiger partial charge in [-0.05, 0) is 25.7 Å². The summed E-state index contributed by atoms with van der Waals surface area (Å²) in [6, 6.07) is 0. The number of anilines is 1. The Morgan fingerprint density at radius 2 is 2.18 bits per heavy atom. The third-order valence-corrected chi connectivity index (χ3v) is 3.71. The lowest BCUT2D eigenvalue weighted by Gasteiger charge is -2.00. The number of aromatic nitrogens is 1. The Hall–Kier alpha value is -1.43. The second kappa shape index (κ2) is 5.27. The van der Waals surface area contributed by atoms with Crippen LogP contribution in [0.4, 0.5) is 5.13 Å². The van der Waals surface area contributed by atoms with E-state index in [1.165, 1.54) is 16.2 Å². The number of amides is 1. The fourth-order valence-corrected chi connectivity index (χ4v) is 2.89. The lowest BCUT2D eigenvalue weighted by atomic mass is 10.2. The van der Waals surface area contributed by atoms with Crippen LogP contribution in [0.2, 0.25) is 0 Å². The van der Waals surface area contributed by atoms with Crippen molar-refractivity contribution >= 4 is 28.3 Å². The number of carboxylic acids is 1. The zero-order chi connectivity index (χ0) is 12.3. The van der Waals surface area contributed by atoms with Crippen molar-refractivity contribution in [2.24, 2.45) is 0 Å². The maximum absolute atomic E-state index is 11.5. The lowest BCUT2D eigenvalue weighted by molar-refractivity contribution is -0.137. The Morgan fingerprint density at radius 1 is 1.35 bits per heavy atom. The number of carbonyl (C=O) groups is 2. The zero-order valence-electron chi connectivity index (χ0n) is 9.36. The highest BCUT2D eigenvalue weighted by Crippen LogP contribution is 2.30. The van der Waals surface area contributed by atoms with Gasteiger partial charge in [0.2, 0.25) is 5.91 Å². The molecule has 5 nitrogen and oxygen atoms in total. The van der Waals surface area contributed by atoms with Gasteiger partial charge in [-0.1, -0.05) is 0 Å². The molecule has 6 heteroatoms. The number of aryl methyl sites for hydroxylation is 2. The summed E-state index contributed by atoms with van der Waals surface area (Å²) in [4.78, 5) is 27.4. The number of aliphatic carboxylic acids is 1. The molecule has 0 saturated carbocycles. The molecule has 0 aromatic carbocycles. The first-order chi connectivity index (χ1) is 8.15. The van der Waals surface area contributed by atoms with Crippen molar-refractivity contribution in [2.75, 3.05) is 5.32 Å². The molecule has 2 N–H and O–H groups in total. The molecule has 0 atom stereocenters. The number of rotatable bonds is 5. The molecule has 1 heterocycles. The highest BCUT2D eigenvalue weighted by Gasteiger charge is 2.17. The SMILES string of the molecule is O=C(O)CCCC(=O)Nc1nc2c(s1)CCC2. The predicted octanol–water partition coefficient (Wildman–Crippen LogP) is 1.83. The minimum Gasteiger partial charge on any atom is -0.481 e. The second-order valence-corrected chi connectivity index (χ2v) is 5.12. The Morgan fingerprint density at radius 3 is 2.88 bits per heavy atom. The van der Waals surface area contributed by atoms with Crippen LogP contribution in [-0.4, -0.2) is 22.0 Å². The van der Waals surface area contributed by atoms with Gasteiger partial charge in [-0.15, -0.1) is 11.3 Å². The van der Waals surface area contributed by atoms with Crippen LogP contribution < -0.4 is 5.32 Å². The van der Waals surface area contributed by atoms with Crippen molar-refractivity contribution in [1.29, 1.82) is 0 Å². The van der Waals surface area contributed by atoms with Crippen LogP contribution in [0, 0.1) is 0 Å². The number of hydrogen-bond donors (Lipinski definition) is 2. The minimum absolute atomic E-state index is 0.0296. The average Bonchev–Trinajstić information content (AvgIpc) is 2.76. The molecule has 1 aromatic rings. The molecule has 2 rings (SSSR count). The fourth-order valence-electron chi connectivity index (χ4n) is 1.83. The molecule has 0 fully saturated rings. The number of carboxylic acid groups (broad SMARTS) is 1. The minimum atomic E-state index is -0.869. The smallest absolute Gasteiger partial charge is 0.303 e. The topological polar surface area (TPSA) is 79.3 Å². The lowest BCUT2D eigenvalue weighted by Crippen LogP contribution is -2.11. The number of nitrogens with one attached hydrogen (secondary N) is 1. The van der Waals surface area contributed by atoms with Gasteiger partial charge in [0.05, 0.1) is 5.69 Å². The zero-order valence-corrected chi connectivity index (χ0v) is 10.2. The molecule has 1 amide bonds. The van der Waals surface area contributed by atoms with Crippen molar-refractivity contribution in [1.82, 2.24) is 4.98 Å². The number of hydrogen-bond acceptors (Lipinski definition) is 4. The van der Waals surface area contributed by atoms with Crippen molar-refractivity contribution < 1.29 is 14.7 Å². The van der Waals surface area contributed by atoms with E-state index in [9.17, 15) is 9.59 Å². The van der Waals surface area contributed by atoms with Crippen molar-refractivity contribution in [3.63, 3.8) is 0 Å². The molecule has 0 unspecified atom stereocenters. The normalized spacial score (nSPS) is 13.4. The summed E-state index contributed by atoms with van der Waals surface area (Å²) in [5.41, 5.74) is 1.11. The molecule has 0 radical (unpaired) electrons. The molecular formula is C11H14N2O3S. The molecule has 0 spiro atoms. The Bertz CT molecular complexity index is 420. The highest BCUT2D eigenvalue weighted by molar-refractivity contribution is 7.15. The standard InChI is InChI=1S/C11H14N2O3S/c14-9(5-2-6-10(15)16)13-11-12-7-3-1-4-8(7)17-11/h1-6H2,(H,15,16)(H,12,13,14). The van der Waals surface area contributed by atoms with Crippen molar-refractivity contribution in [3.05, 3.63) is 10.6 Å². The summed E-state index contributed by atoms with van der Waals surface area (Å²) in [5, 5.41) is 11.8.